The highest BCUT2D eigenvalue weighted by atomic mass is 16.6. The Kier molecular flexibility index (Phi) is 5.91. The number of amides is 3. The summed E-state index contributed by atoms with van der Waals surface area (Å²) in [6.45, 7) is 3.70. The van der Waals surface area contributed by atoms with Crippen LogP contribution in [0.1, 0.15) is 6.92 Å². The Balaban J connectivity index is 2.31. The molecule has 108 valence electrons. The van der Waals surface area contributed by atoms with Crippen molar-refractivity contribution in [2.75, 3.05) is 46.4 Å². The molecule has 1 rings (SSSR count). The van der Waals surface area contributed by atoms with Crippen LogP contribution in [0.25, 0.3) is 0 Å². The molecule has 1 fully saturated rings. The third-order valence-electron chi connectivity index (χ3n) is 2.73. The zero-order valence-corrected chi connectivity index (χ0v) is 11.2. The molecule has 0 bridgehead atoms. The maximum atomic E-state index is 11.7. The third kappa shape index (κ3) is 4.65. The maximum Gasteiger partial charge on any atom is 0.409 e. The van der Waals surface area contributed by atoms with E-state index < -0.39 is 6.09 Å². The Hall–Kier alpha value is -1.99. The van der Waals surface area contributed by atoms with Crippen molar-refractivity contribution in [3.8, 4) is 0 Å². The fourth-order valence-electron chi connectivity index (χ4n) is 1.68. The zero-order chi connectivity index (χ0) is 14.3. The van der Waals surface area contributed by atoms with Crippen molar-refractivity contribution in [3.05, 3.63) is 0 Å². The molecule has 8 nitrogen and oxygen atoms in total. The first-order valence-corrected chi connectivity index (χ1v) is 6.09. The van der Waals surface area contributed by atoms with Gasteiger partial charge in [-0.2, -0.15) is 0 Å². The van der Waals surface area contributed by atoms with Gasteiger partial charge in [0.1, 0.15) is 6.54 Å². The summed E-state index contributed by atoms with van der Waals surface area (Å²) >= 11 is 0. The van der Waals surface area contributed by atoms with Gasteiger partial charge in [-0.1, -0.05) is 0 Å². The molecule has 0 saturated carbocycles. The summed E-state index contributed by atoms with van der Waals surface area (Å²) in [7, 11) is 1.23. The molecule has 1 saturated heterocycles. The van der Waals surface area contributed by atoms with E-state index in [9.17, 15) is 14.4 Å². The standard InChI is InChI=1S/C11H19N3O5/c1-3-19-11(17)14-6-4-13(5-7-14)9(15)8-12-10(16)18-2/h3-8H2,1-2H3,(H,12,16). The molecule has 1 heterocycles. The van der Waals surface area contributed by atoms with Gasteiger partial charge in [0.05, 0.1) is 13.7 Å². The fraction of sp³-hybridized carbons (Fsp3) is 0.727. The van der Waals surface area contributed by atoms with E-state index in [1.807, 2.05) is 0 Å². The van der Waals surface area contributed by atoms with Gasteiger partial charge in [0.25, 0.3) is 0 Å². The molecule has 0 atom stereocenters. The van der Waals surface area contributed by atoms with Gasteiger partial charge < -0.3 is 24.6 Å². The summed E-state index contributed by atoms with van der Waals surface area (Å²) in [5.74, 6) is -0.200. The van der Waals surface area contributed by atoms with Gasteiger partial charge in [-0.3, -0.25) is 4.79 Å². The van der Waals surface area contributed by atoms with Gasteiger partial charge in [0, 0.05) is 26.2 Å². The first-order chi connectivity index (χ1) is 9.08. The number of alkyl carbamates (subject to hydrolysis) is 1. The summed E-state index contributed by atoms with van der Waals surface area (Å²) in [5.41, 5.74) is 0. The number of nitrogens with zero attached hydrogens (tertiary/aromatic N) is 2. The van der Waals surface area contributed by atoms with Crippen molar-refractivity contribution in [3.63, 3.8) is 0 Å². The molecule has 0 unspecified atom stereocenters. The highest BCUT2D eigenvalue weighted by Crippen LogP contribution is 2.04. The lowest BCUT2D eigenvalue weighted by molar-refractivity contribution is -0.131. The van der Waals surface area contributed by atoms with Crippen LogP contribution in [0, 0.1) is 0 Å². The molecule has 8 heteroatoms. The predicted molar refractivity (Wildman–Crippen MR) is 65.6 cm³/mol. The predicted octanol–water partition coefficient (Wildman–Crippen LogP) is -0.357. The quantitative estimate of drug-likeness (QED) is 0.759. The topological polar surface area (TPSA) is 88.2 Å². The molecule has 1 aliphatic heterocycles. The summed E-state index contributed by atoms with van der Waals surface area (Å²) in [5, 5.41) is 2.33. The Bertz CT molecular complexity index is 339. The lowest BCUT2D eigenvalue weighted by Crippen LogP contribution is -2.52. The Labute approximate surface area is 111 Å². The van der Waals surface area contributed by atoms with Gasteiger partial charge in [-0.05, 0) is 6.92 Å². The van der Waals surface area contributed by atoms with Crippen LogP contribution >= 0.6 is 0 Å². The molecule has 0 aliphatic carbocycles. The first-order valence-electron chi connectivity index (χ1n) is 6.09. The number of carbonyl (C=O) groups is 3. The van der Waals surface area contributed by atoms with Crippen molar-refractivity contribution in [1.29, 1.82) is 0 Å². The van der Waals surface area contributed by atoms with Crippen LogP contribution in [0.5, 0.6) is 0 Å². The Morgan fingerprint density at radius 2 is 1.68 bits per heavy atom. The zero-order valence-electron chi connectivity index (χ0n) is 11.2. The maximum absolute atomic E-state index is 11.7. The van der Waals surface area contributed by atoms with Crippen molar-refractivity contribution >= 4 is 18.1 Å². The van der Waals surface area contributed by atoms with E-state index in [-0.39, 0.29) is 18.5 Å². The van der Waals surface area contributed by atoms with Crippen LogP contribution in [0.2, 0.25) is 0 Å². The lowest BCUT2D eigenvalue weighted by Gasteiger charge is -2.34. The van der Waals surface area contributed by atoms with E-state index in [1.165, 1.54) is 7.11 Å². The van der Waals surface area contributed by atoms with Crippen LogP contribution in [-0.4, -0.2) is 74.3 Å². The minimum absolute atomic E-state index is 0.105. The SMILES string of the molecule is CCOC(=O)N1CCN(C(=O)CNC(=O)OC)CC1. The van der Waals surface area contributed by atoms with Gasteiger partial charge in [0.2, 0.25) is 5.91 Å². The van der Waals surface area contributed by atoms with Gasteiger partial charge in [-0.25, -0.2) is 9.59 Å². The summed E-state index contributed by atoms with van der Waals surface area (Å²) in [4.78, 5) is 37.2. The van der Waals surface area contributed by atoms with E-state index in [0.717, 1.165) is 0 Å². The highest BCUT2D eigenvalue weighted by molar-refractivity contribution is 5.82. The second-order valence-corrected chi connectivity index (χ2v) is 3.91. The summed E-state index contributed by atoms with van der Waals surface area (Å²) in [6, 6.07) is 0. The summed E-state index contributed by atoms with van der Waals surface area (Å²) < 4.78 is 9.25. The number of hydrogen-bond donors (Lipinski definition) is 1. The van der Waals surface area contributed by atoms with E-state index in [4.69, 9.17) is 4.74 Å². The van der Waals surface area contributed by atoms with E-state index in [2.05, 4.69) is 10.1 Å². The minimum atomic E-state index is -0.640. The third-order valence-corrected chi connectivity index (χ3v) is 2.73. The van der Waals surface area contributed by atoms with E-state index in [0.29, 0.717) is 32.8 Å². The molecule has 1 N–H and O–H groups in total. The van der Waals surface area contributed by atoms with Crippen LogP contribution in [-0.2, 0) is 14.3 Å². The average molecular weight is 273 g/mol. The van der Waals surface area contributed by atoms with Crippen LogP contribution in [0.3, 0.4) is 0 Å². The second kappa shape index (κ2) is 7.45. The largest absolute Gasteiger partial charge is 0.453 e. The van der Waals surface area contributed by atoms with Crippen LogP contribution in [0.4, 0.5) is 9.59 Å². The lowest BCUT2D eigenvalue weighted by atomic mass is 10.3. The second-order valence-electron chi connectivity index (χ2n) is 3.91. The van der Waals surface area contributed by atoms with Crippen LogP contribution in [0.15, 0.2) is 0 Å². The smallest absolute Gasteiger partial charge is 0.409 e. The van der Waals surface area contributed by atoms with Crippen molar-refractivity contribution in [2.45, 2.75) is 6.92 Å². The average Bonchev–Trinajstić information content (AvgIpc) is 2.44. The molecule has 0 aromatic rings. The highest BCUT2D eigenvalue weighted by Gasteiger charge is 2.24. The number of rotatable bonds is 3. The number of carbonyl (C=O) groups excluding carboxylic acids is 3. The molecule has 0 radical (unpaired) electrons. The van der Waals surface area contributed by atoms with Crippen molar-refractivity contribution < 1.29 is 23.9 Å². The van der Waals surface area contributed by atoms with Crippen LogP contribution < -0.4 is 5.32 Å². The Morgan fingerprint density at radius 1 is 1.11 bits per heavy atom. The number of ether oxygens (including phenoxy) is 2. The first kappa shape index (κ1) is 15.1. The number of piperazine rings is 1. The van der Waals surface area contributed by atoms with Crippen molar-refractivity contribution in [1.82, 2.24) is 15.1 Å². The molecule has 0 spiro atoms. The van der Waals surface area contributed by atoms with E-state index in [1.54, 1.807) is 16.7 Å². The van der Waals surface area contributed by atoms with Gasteiger partial charge >= 0.3 is 12.2 Å². The normalized spacial score (nSPS) is 14.8. The van der Waals surface area contributed by atoms with Gasteiger partial charge in [0.15, 0.2) is 0 Å². The van der Waals surface area contributed by atoms with E-state index >= 15 is 0 Å². The van der Waals surface area contributed by atoms with Gasteiger partial charge in [-0.15, -0.1) is 0 Å². The Morgan fingerprint density at radius 3 is 2.21 bits per heavy atom. The molecule has 3 amide bonds. The molecule has 0 aromatic carbocycles. The minimum Gasteiger partial charge on any atom is -0.453 e. The number of methoxy groups -OCH3 is 1. The molecular formula is C11H19N3O5. The van der Waals surface area contributed by atoms with Crippen molar-refractivity contribution in [2.24, 2.45) is 0 Å². The molecule has 19 heavy (non-hydrogen) atoms. The number of hydrogen-bond acceptors (Lipinski definition) is 5. The number of nitrogens with one attached hydrogen (secondary N) is 1. The molecule has 0 aromatic heterocycles. The fourth-order valence-corrected chi connectivity index (χ4v) is 1.68. The monoisotopic (exact) mass is 273 g/mol. The molecule has 1 aliphatic rings. The molecular weight excluding hydrogens is 254 g/mol. The summed E-state index contributed by atoms with van der Waals surface area (Å²) in [6.07, 6.45) is -0.999.